The lowest BCUT2D eigenvalue weighted by Crippen LogP contribution is -1.96. The van der Waals surface area contributed by atoms with E-state index in [1.807, 2.05) is 24.3 Å². The molecular weight excluding hydrogens is 322 g/mol. The highest BCUT2D eigenvalue weighted by molar-refractivity contribution is 6.30. The lowest BCUT2D eigenvalue weighted by molar-refractivity contribution is 0.278. The van der Waals surface area contributed by atoms with Gasteiger partial charge in [0.2, 0.25) is 0 Å². The van der Waals surface area contributed by atoms with Crippen LogP contribution in [0.1, 0.15) is 24.0 Å². The van der Waals surface area contributed by atoms with Crippen molar-refractivity contribution in [3.05, 3.63) is 70.4 Å². The molecule has 0 N–H and O–H groups in total. The van der Waals surface area contributed by atoms with Gasteiger partial charge in [-0.15, -0.1) is 0 Å². The van der Waals surface area contributed by atoms with Crippen LogP contribution < -0.4 is 4.74 Å². The largest absolute Gasteiger partial charge is 0.500 e. The molecule has 0 saturated heterocycles. The van der Waals surface area contributed by atoms with Crippen LogP contribution in [0.3, 0.4) is 0 Å². The lowest BCUT2D eigenvalue weighted by atomic mass is 10.0. The van der Waals surface area contributed by atoms with E-state index in [2.05, 4.69) is 18.2 Å². The van der Waals surface area contributed by atoms with E-state index in [1.54, 1.807) is 26.4 Å². The van der Waals surface area contributed by atoms with Crippen LogP contribution in [0.15, 0.2) is 54.3 Å². The molecule has 0 amide bonds. The van der Waals surface area contributed by atoms with Crippen molar-refractivity contribution in [2.75, 3.05) is 14.2 Å². The van der Waals surface area contributed by atoms with Gasteiger partial charge in [0.15, 0.2) is 0 Å². The van der Waals surface area contributed by atoms with E-state index in [0.717, 1.165) is 24.2 Å². The van der Waals surface area contributed by atoms with Crippen LogP contribution in [0.4, 0.5) is 0 Å². The number of allylic oxidation sites excluding steroid dienone is 2. The van der Waals surface area contributed by atoms with Crippen molar-refractivity contribution in [1.82, 2.24) is 0 Å². The lowest BCUT2D eigenvalue weighted by Gasteiger charge is -2.10. The van der Waals surface area contributed by atoms with E-state index < -0.39 is 0 Å². The summed E-state index contributed by atoms with van der Waals surface area (Å²) in [5.74, 6) is 1.54. The van der Waals surface area contributed by atoms with Crippen LogP contribution in [-0.2, 0) is 11.2 Å². The average Bonchev–Trinajstić information content (AvgIpc) is 2.61. The van der Waals surface area contributed by atoms with E-state index in [0.29, 0.717) is 22.8 Å². The Morgan fingerprint density at radius 3 is 2.46 bits per heavy atom. The molecule has 2 rings (SSSR count). The molecule has 0 saturated carbocycles. The fourth-order valence-corrected chi connectivity index (χ4v) is 2.70. The Kier molecular flexibility index (Phi) is 6.72. The molecule has 0 unspecified atom stereocenters. The number of hydrogen-bond donors (Lipinski definition) is 0. The van der Waals surface area contributed by atoms with Gasteiger partial charge in [0, 0.05) is 11.4 Å². The number of benzene rings is 2. The second-order valence-corrected chi connectivity index (χ2v) is 5.76. The fraction of sp³-hybridized carbons (Fsp3) is 0.250. The van der Waals surface area contributed by atoms with Crippen molar-refractivity contribution >= 4 is 17.2 Å². The summed E-state index contributed by atoms with van der Waals surface area (Å²) < 4.78 is 10.6. The van der Waals surface area contributed by atoms with Gasteiger partial charge in [-0.1, -0.05) is 35.9 Å². The van der Waals surface area contributed by atoms with Crippen molar-refractivity contribution < 1.29 is 9.47 Å². The Hall–Kier alpha value is -2.44. The second-order valence-electron chi connectivity index (χ2n) is 5.33. The zero-order valence-corrected chi connectivity index (χ0v) is 14.6. The maximum absolute atomic E-state index is 9.50. The molecule has 0 aliphatic carbocycles. The van der Waals surface area contributed by atoms with Crippen molar-refractivity contribution in [3.8, 4) is 11.8 Å². The number of nitriles is 1. The van der Waals surface area contributed by atoms with Crippen molar-refractivity contribution in [2.24, 2.45) is 0 Å². The molecule has 2 aromatic rings. The number of nitrogens with zero attached hydrogens (tertiary/aromatic N) is 1. The summed E-state index contributed by atoms with van der Waals surface area (Å²) in [4.78, 5) is 0. The summed E-state index contributed by atoms with van der Waals surface area (Å²) in [6.45, 7) is 0. The molecule has 0 fully saturated rings. The molecule has 24 heavy (non-hydrogen) atoms. The van der Waals surface area contributed by atoms with Crippen molar-refractivity contribution in [1.29, 1.82) is 5.26 Å². The molecule has 0 heterocycles. The van der Waals surface area contributed by atoms with Gasteiger partial charge in [-0.3, -0.25) is 0 Å². The van der Waals surface area contributed by atoms with Crippen LogP contribution in [0.25, 0.3) is 5.57 Å². The number of methoxy groups -OCH3 is 2. The minimum atomic E-state index is 0.537. The van der Waals surface area contributed by atoms with E-state index in [-0.39, 0.29) is 0 Å². The standard InChI is InChI=1S/C20H20ClNO2/c1-23-18-11-9-15(10-12-18)5-3-8-20(24-2)19(14-22)16-6-4-7-17(21)13-16/h4,6-7,9-13H,3,5,8H2,1-2H3/b20-19-. The zero-order valence-electron chi connectivity index (χ0n) is 13.9. The van der Waals surface area contributed by atoms with E-state index in [9.17, 15) is 5.26 Å². The topological polar surface area (TPSA) is 42.2 Å². The Bertz CT molecular complexity index is 745. The summed E-state index contributed by atoms with van der Waals surface area (Å²) in [5.41, 5.74) is 2.55. The third-order valence-electron chi connectivity index (χ3n) is 3.78. The van der Waals surface area contributed by atoms with Crippen LogP contribution in [-0.4, -0.2) is 14.2 Å². The summed E-state index contributed by atoms with van der Waals surface area (Å²) in [7, 11) is 3.26. The summed E-state index contributed by atoms with van der Waals surface area (Å²) in [6, 6.07) is 17.5. The van der Waals surface area contributed by atoms with Crippen LogP contribution >= 0.6 is 11.6 Å². The zero-order chi connectivity index (χ0) is 17.4. The SMILES string of the molecule is CO/C(CCCc1ccc(OC)cc1)=C(/C#N)c1cccc(Cl)c1. The summed E-state index contributed by atoms with van der Waals surface area (Å²) in [6.07, 6.45) is 2.49. The summed E-state index contributed by atoms with van der Waals surface area (Å²) in [5, 5.41) is 10.1. The minimum absolute atomic E-state index is 0.537. The maximum Gasteiger partial charge on any atom is 0.118 e. The minimum Gasteiger partial charge on any atom is -0.500 e. The third kappa shape index (κ3) is 4.78. The number of aryl methyl sites for hydroxylation is 1. The second kappa shape index (κ2) is 9.00. The molecule has 3 nitrogen and oxygen atoms in total. The molecule has 124 valence electrons. The Morgan fingerprint density at radius 1 is 1.12 bits per heavy atom. The molecule has 0 radical (unpaired) electrons. The molecule has 0 aliphatic rings. The first kappa shape index (κ1) is 17.9. The van der Waals surface area contributed by atoms with E-state index in [1.165, 1.54) is 5.56 Å². The highest BCUT2D eigenvalue weighted by Gasteiger charge is 2.10. The van der Waals surface area contributed by atoms with Gasteiger partial charge in [0.1, 0.15) is 17.6 Å². The van der Waals surface area contributed by atoms with Crippen molar-refractivity contribution in [2.45, 2.75) is 19.3 Å². The van der Waals surface area contributed by atoms with Gasteiger partial charge < -0.3 is 9.47 Å². The molecule has 0 aliphatic heterocycles. The van der Waals surface area contributed by atoms with Gasteiger partial charge in [-0.25, -0.2) is 0 Å². The third-order valence-corrected chi connectivity index (χ3v) is 4.01. The first-order chi connectivity index (χ1) is 11.7. The Morgan fingerprint density at radius 2 is 1.88 bits per heavy atom. The van der Waals surface area contributed by atoms with Crippen LogP contribution in [0.2, 0.25) is 5.02 Å². The number of hydrogen-bond acceptors (Lipinski definition) is 3. The molecular formula is C20H20ClNO2. The predicted molar refractivity (Wildman–Crippen MR) is 96.9 cm³/mol. The van der Waals surface area contributed by atoms with Crippen LogP contribution in [0.5, 0.6) is 5.75 Å². The molecule has 4 heteroatoms. The smallest absolute Gasteiger partial charge is 0.118 e. The average molecular weight is 342 g/mol. The Balaban J connectivity index is 2.07. The molecule has 0 aromatic heterocycles. The summed E-state index contributed by atoms with van der Waals surface area (Å²) >= 11 is 6.02. The van der Waals surface area contributed by atoms with Gasteiger partial charge >= 0.3 is 0 Å². The van der Waals surface area contributed by atoms with E-state index >= 15 is 0 Å². The van der Waals surface area contributed by atoms with Gasteiger partial charge in [-0.05, 0) is 48.2 Å². The van der Waals surface area contributed by atoms with E-state index in [4.69, 9.17) is 21.1 Å². The quantitative estimate of drug-likeness (QED) is 0.510. The monoisotopic (exact) mass is 341 g/mol. The maximum atomic E-state index is 9.50. The van der Waals surface area contributed by atoms with Crippen LogP contribution in [0, 0.1) is 11.3 Å². The van der Waals surface area contributed by atoms with Crippen molar-refractivity contribution in [3.63, 3.8) is 0 Å². The first-order valence-electron chi connectivity index (χ1n) is 7.74. The normalized spacial score (nSPS) is 11.4. The van der Waals surface area contributed by atoms with Gasteiger partial charge in [0.05, 0.1) is 19.8 Å². The predicted octanol–water partition coefficient (Wildman–Crippen LogP) is 5.25. The van der Waals surface area contributed by atoms with Gasteiger partial charge in [0.25, 0.3) is 0 Å². The molecule has 0 atom stereocenters. The molecule has 2 aromatic carbocycles. The number of halogens is 1. The van der Waals surface area contributed by atoms with Gasteiger partial charge in [-0.2, -0.15) is 5.26 Å². The molecule has 0 bridgehead atoms. The number of rotatable bonds is 7. The highest BCUT2D eigenvalue weighted by Crippen LogP contribution is 2.25. The molecule has 0 spiro atoms. The fourth-order valence-electron chi connectivity index (χ4n) is 2.51. The first-order valence-corrected chi connectivity index (χ1v) is 8.12. The number of ether oxygens (including phenoxy) is 2. The Labute approximate surface area is 148 Å². The highest BCUT2D eigenvalue weighted by atomic mass is 35.5.